The first kappa shape index (κ1) is 19.4. The van der Waals surface area contributed by atoms with E-state index in [1.54, 1.807) is 6.92 Å². The van der Waals surface area contributed by atoms with E-state index in [0.717, 1.165) is 0 Å². The molecule has 0 amide bonds. The molecule has 0 unspecified atom stereocenters. The van der Waals surface area contributed by atoms with E-state index in [1.165, 1.54) is 16.7 Å². The molecule has 3 rings (SSSR count). The fourth-order valence-electron chi connectivity index (χ4n) is 2.40. The standard InChI is InChI=1S/C15H10F5N3O2S2/c1-7-21-11(6-26-7)12-5-13(15(18,19)20)22-23(12)8-3-9(16)14(10(17)4-8)27(2,24)25/h3-6H,1-2H3. The number of aryl methyl sites for hydroxylation is 1. The predicted octanol–water partition coefficient (Wildman–Crippen LogP) is 4.00. The molecule has 0 saturated carbocycles. The smallest absolute Gasteiger partial charge is 0.240 e. The van der Waals surface area contributed by atoms with Crippen LogP contribution in [0.3, 0.4) is 0 Å². The van der Waals surface area contributed by atoms with Crippen LogP contribution in [0.2, 0.25) is 0 Å². The van der Waals surface area contributed by atoms with Crippen molar-refractivity contribution in [2.45, 2.75) is 18.0 Å². The molecular weight excluding hydrogens is 413 g/mol. The van der Waals surface area contributed by atoms with Crippen molar-refractivity contribution in [1.82, 2.24) is 14.8 Å². The Morgan fingerprint density at radius 2 is 1.70 bits per heavy atom. The third-order valence-corrected chi connectivity index (χ3v) is 5.38. The van der Waals surface area contributed by atoms with Crippen LogP contribution in [-0.4, -0.2) is 29.4 Å². The largest absolute Gasteiger partial charge is 0.435 e. The summed E-state index contributed by atoms with van der Waals surface area (Å²) >= 11 is 1.17. The van der Waals surface area contributed by atoms with Gasteiger partial charge < -0.3 is 0 Å². The molecule has 0 aliphatic heterocycles. The van der Waals surface area contributed by atoms with Crippen molar-refractivity contribution < 1.29 is 30.4 Å². The number of aromatic nitrogens is 3. The molecule has 144 valence electrons. The number of hydrogen-bond donors (Lipinski definition) is 0. The molecule has 1 aromatic carbocycles. The molecule has 2 heterocycles. The fraction of sp³-hybridized carbons (Fsp3) is 0.200. The van der Waals surface area contributed by atoms with Crippen molar-refractivity contribution in [3.8, 4) is 17.1 Å². The molecule has 0 spiro atoms. The van der Waals surface area contributed by atoms with Crippen molar-refractivity contribution in [2.24, 2.45) is 0 Å². The van der Waals surface area contributed by atoms with E-state index < -0.39 is 43.9 Å². The highest BCUT2D eigenvalue weighted by atomic mass is 32.2. The maximum absolute atomic E-state index is 14.2. The monoisotopic (exact) mass is 423 g/mol. The molecule has 5 nitrogen and oxygen atoms in total. The SMILES string of the molecule is Cc1nc(-c2cc(C(F)(F)F)nn2-c2cc(F)c(S(C)(=O)=O)c(F)c2)cs1. The van der Waals surface area contributed by atoms with Crippen LogP contribution >= 0.6 is 11.3 Å². The maximum atomic E-state index is 14.2. The van der Waals surface area contributed by atoms with E-state index in [9.17, 15) is 30.4 Å². The van der Waals surface area contributed by atoms with Gasteiger partial charge in [0.1, 0.15) is 16.5 Å². The van der Waals surface area contributed by atoms with Gasteiger partial charge in [0.05, 0.1) is 22.1 Å². The van der Waals surface area contributed by atoms with Gasteiger partial charge in [-0.3, -0.25) is 0 Å². The van der Waals surface area contributed by atoms with Crippen LogP contribution < -0.4 is 0 Å². The van der Waals surface area contributed by atoms with E-state index in [-0.39, 0.29) is 11.4 Å². The quantitative estimate of drug-likeness (QED) is 0.598. The lowest BCUT2D eigenvalue weighted by Gasteiger charge is -2.09. The van der Waals surface area contributed by atoms with Crippen molar-refractivity contribution in [2.75, 3.05) is 6.26 Å². The van der Waals surface area contributed by atoms with Gasteiger partial charge in [0.15, 0.2) is 15.5 Å². The van der Waals surface area contributed by atoms with Crippen LogP contribution in [0.5, 0.6) is 0 Å². The molecular formula is C15H10F5N3O2S2. The van der Waals surface area contributed by atoms with Gasteiger partial charge in [0, 0.05) is 23.8 Å². The Morgan fingerprint density at radius 1 is 1.11 bits per heavy atom. The summed E-state index contributed by atoms with van der Waals surface area (Å²) in [7, 11) is -4.21. The highest BCUT2D eigenvalue weighted by molar-refractivity contribution is 7.90. The Balaban J connectivity index is 2.27. The lowest BCUT2D eigenvalue weighted by molar-refractivity contribution is -0.141. The van der Waals surface area contributed by atoms with Gasteiger partial charge in [-0.2, -0.15) is 18.3 Å². The summed E-state index contributed by atoms with van der Waals surface area (Å²) in [6.07, 6.45) is -4.18. The Kier molecular flexibility index (Phi) is 4.58. The summed E-state index contributed by atoms with van der Waals surface area (Å²) < 4.78 is 91.2. The van der Waals surface area contributed by atoms with E-state index in [2.05, 4.69) is 10.1 Å². The van der Waals surface area contributed by atoms with Crippen molar-refractivity contribution in [1.29, 1.82) is 0 Å². The summed E-state index contributed by atoms with van der Waals surface area (Å²) in [5.74, 6) is -2.87. The second-order valence-corrected chi connectivity index (χ2v) is 8.60. The van der Waals surface area contributed by atoms with Gasteiger partial charge in [0.2, 0.25) is 0 Å². The number of thiazole rings is 1. The van der Waals surface area contributed by atoms with Crippen molar-refractivity contribution in [3.63, 3.8) is 0 Å². The summed E-state index contributed by atoms with van der Waals surface area (Å²) in [5, 5.41) is 5.42. The number of rotatable bonds is 3. The zero-order valence-electron chi connectivity index (χ0n) is 13.7. The first-order chi connectivity index (χ1) is 12.4. The van der Waals surface area contributed by atoms with Gasteiger partial charge in [-0.1, -0.05) is 0 Å². The van der Waals surface area contributed by atoms with Crippen molar-refractivity contribution in [3.05, 3.63) is 45.9 Å². The molecule has 0 radical (unpaired) electrons. The second kappa shape index (κ2) is 6.37. The van der Waals surface area contributed by atoms with Gasteiger partial charge in [-0.05, 0) is 13.0 Å². The lowest BCUT2D eigenvalue weighted by Crippen LogP contribution is -2.10. The zero-order valence-corrected chi connectivity index (χ0v) is 15.3. The highest BCUT2D eigenvalue weighted by Crippen LogP contribution is 2.34. The lowest BCUT2D eigenvalue weighted by atomic mass is 10.2. The zero-order chi connectivity index (χ0) is 20.1. The predicted molar refractivity (Wildman–Crippen MR) is 87.4 cm³/mol. The van der Waals surface area contributed by atoms with E-state index >= 15 is 0 Å². The summed E-state index contributed by atoms with van der Waals surface area (Å²) in [6, 6.07) is 1.92. The average Bonchev–Trinajstić information content (AvgIpc) is 3.10. The molecule has 0 bridgehead atoms. The van der Waals surface area contributed by atoms with Crippen LogP contribution in [0, 0.1) is 18.6 Å². The van der Waals surface area contributed by atoms with Crippen LogP contribution in [0.1, 0.15) is 10.7 Å². The minimum atomic E-state index is -4.80. The Morgan fingerprint density at radius 3 is 2.15 bits per heavy atom. The van der Waals surface area contributed by atoms with Crippen molar-refractivity contribution >= 4 is 21.2 Å². The molecule has 0 aliphatic carbocycles. The molecule has 3 aromatic rings. The third kappa shape index (κ3) is 3.72. The Hall–Kier alpha value is -2.34. The number of alkyl halides is 3. The Labute approximate surface area is 154 Å². The molecule has 27 heavy (non-hydrogen) atoms. The summed E-state index contributed by atoms with van der Waals surface area (Å²) in [4.78, 5) is 2.90. The highest BCUT2D eigenvalue weighted by Gasteiger charge is 2.36. The number of nitrogens with zero attached hydrogens (tertiary/aromatic N) is 3. The number of hydrogen-bond acceptors (Lipinski definition) is 5. The topological polar surface area (TPSA) is 64.8 Å². The normalized spacial score (nSPS) is 12.6. The second-order valence-electron chi connectivity index (χ2n) is 5.59. The number of sulfone groups is 1. The summed E-state index contributed by atoms with van der Waals surface area (Å²) in [6.45, 7) is 1.64. The van der Waals surface area contributed by atoms with Crippen LogP contribution in [-0.2, 0) is 16.0 Å². The fourth-order valence-corrected chi connectivity index (χ4v) is 3.84. The van der Waals surface area contributed by atoms with Crippen LogP contribution in [0.4, 0.5) is 22.0 Å². The van der Waals surface area contributed by atoms with E-state index in [4.69, 9.17) is 0 Å². The minimum absolute atomic E-state index is 0.133. The summed E-state index contributed by atoms with van der Waals surface area (Å²) in [5.41, 5.74) is -1.70. The molecule has 12 heteroatoms. The first-order valence-electron chi connectivity index (χ1n) is 7.17. The Bertz CT molecular complexity index is 1110. The molecule has 2 aromatic heterocycles. The molecule has 0 saturated heterocycles. The van der Waals surface area contributed by atoms with Gasteiger partial charge in [-0.25, -0.2) is 26.9 Å². The minimum Gasteiger partial charge on any atom is -0.240 e. The first-order valence-corrected chi connectivity index (χ1v) is 9.94. The maximum Gasteiger partial charge on any atom is 0.435 e. The van der Waals surface area contributed by atoms with Gasteiger partial charge in [-0.15, -0.1) is 11.3 Å². The van der Waals surface area contributed by atoms with E-state index in [1.807, 2.05) is 0 Å². The average molecular weight is 423 g/mol. The van der Waals surface area contributed by atoms with Gasteiger partial charge >= 0.3 is 6.18 Å². The van der Waals surface area contributed by atoms with Crippen LogP contribution in [0.15, 0.2) is 28.5 Å². The molecule has 0 N–H and O–H groups in total. The third-order valence-electron chi connectivity index (χ3n) is 3.48. The van der Waals surface area contributed by atoms with Crippen LogP contribution in [0.25, 0.3) is 17.1 Å². The van der Waals surface area contributed by atoms with E-state index in [0.29, 0.717) is 34.1 Å². The molecule has 0 aliphatic rings. The number of benzene rings is 1. The molecule has 0 fully saturated rings. The number of halogens is 5. The van der Waals surface area contributed by atoms with Gasteiger partial charge in [0.25, 0.3) is 0 Å². The molecule has 0 atom stereocenters.